The molecule has 0 aliphatic heterocycles. The highest BCUT2D eigenvalue weighted by atomic mass is 79.9. The lowest BCUT2D eigenvalue weighted by molar-refractivity contribution is 0.229. The van der Waals surface area contributed by atoms with E-state index in [2.05, 4.69) is 45.6 Å². The molecule has 1 heterocycles. The van der Waals surface area contributed by atoms with Crippen molar-refractivity contribution in [1.29, 1.82) is 0 Å². The van der Waals surface area contributed by atoms with E-state index >= 15 is 0 Å². The third kappa shape index (κ3) is 3.29. The second kappa shape index (κ2) is 6.70. The van der Waals surface area contributed by atoms with Crippen LogP contribution < -0.4 is 0 Å². The minimum atomic E-state index is 0.630. The van der Waals surface area contributed by atoms with Crippen molar-refractivity contribution in [2.75, 3.05) is 5.88 Å². The van der Waals surface area contributed by atoms with Gasteiger partial charge < -0.3 is 4.57 Å². The fourth-order valence-corrected chi connectivity index (χ4v) is 4.05. The number of hydrogen-bond acceptors (Lipinski definition) is 1. The Labute approximate surface area is 140 Å². The maximum Gasteiger partial charge on any atom is 0.111 e. The van der Waals surface area contributed by atoms with E-state index in [1.807, 2.05) is 0 Å². The van der Waals surface area contributed by atoms with Gasteiger partial charge in [-0.15, -0.1) is 11.6 Å². The molecule has 1 saturated carbocycles. The zero-order valence-electron chi connectivity index (χ0n) is 12.5. The first-order valence-corrected chi connectivity index (χ1v) is 9.22. The van der Waals surface area contributed by atoms with Crippen molar-refractivity contribution < 1.29 is 0 Å². The molecule has 0 saturated heterocycles. The van der Waals surface area contributed by atoms with Crippen molar-refractivity contribution in [2.24, 2.45) is 11.8 Å². The molecule has 1 aliphatic rings. The van der Waals surface area contributed by atoms with E-state index in [1.165, 1.54) is 31.2 Å². The fraction of sp³-hybridized carbons (Fsp3) is 0.588. The number of rotatable bonds is 4. The maximum absolute atomic E-state index is 5.98. The van der Waals surface area contributed by atoms with Gasteiger partial charge in [-0.25, -0.2) is 4.98 Å². The molecule has 1 aliphatic carbocycles. The van der Waals surface area contributed by atoms with E-state index in [4.69, 9.17) is 16.6 Å². The van der Waals surface area contributed by atoms with Gasteiger partial charge in [0.05, 0.1) is 11.0 Å². The Morgan fingerprint density at radius 1 is 1.33 bits per heavy atom. The van der Waals surface area contributed by atoms with Gasteiger partial charge in [0.15, 0.2) is 0 Å². The molecule has 3 rings (SSSR count). The van der Waals surface area contributed by atoms with E-state index in [1.54, 1.807) is 0 Å². The van der Waals surface area contributed by atoms with Crippen molar-refractivity contribution >= 4 is 38.6 Å². The highest BCUT2D eigenvalue weighted by molar-refractivity contribution is 9.10. The van der Waals surface area contributed by atoms with E-state index in [-0.39, 0.29) is 0 Å². The molecule has 0 N–H and O–H groups in total. The average Bonchev–Trinajstić information content (AvgIpc) is 2.79. The predicted molar refractivity (Wildman–Crippen MR) is 93.0 cm³/mol. The van der Waals surface area contributed by atoms with Crippen LogP contribution in [-0.4, -0.2) is 15.4 Å². The Balaban J connectivity index is 1.96. The van der Waals surface area contributed by atoms with Crippen LogP contribution in [0.15, 0.2) is 22.7 Å². The molecule has 1 aromatic carbocycles. The molecule has 0 bridgehead atoms. The molecule has 1 fully saturated rings. The Kier molecular flexibility index (Phi) is 4.90. The largest absolute Gasteiger partial charge is 0.328 e. The maximum atomic E-state index is 5.98. The summed E-state index contributed by atoms with van der Waals surface area (Å²) in [6.45, 7) is 3.49. The number of benzene rings is 1. The van der Waals surface area contributed by atoms with Gasteiger partial charge in [-0.3, -0.25) is 0 Å². The highest BCUT2D eigenvalue weighted by Gasteiger charge is 2.23. The van der Waals surface area contributed by atoms with Crippen molar-refractivity contribution in [3.05, 3.63) is 28.5 Å². The van der Waals surface area contributed by atoms with Crippen LogP contribution in [0.4, 0.5) is 0 Å². The highest BCUT2D eigenvalue weighted by Crippen LogP contribution is 2.32. The first-order valence-electron chi connectivity index (χ1n) is 7.89. The molecule has 2 aromatic rings. The lowest BCUT2D eigenvalue weighted by atomic mass is 9.80. The molecule has 21 heavy (non-hydrogen) atoms. The van der Waals surface area contributed by atoms with Crippen LogP contribution in [-0.2, 0) is 13.0 Å². The number of aromatic nitrogens is 2. The quantitative estimate of drug-likeness (QED) is 0.659. The van der Waals surface area contributed by atoms with Crippen molar-refractivity contribution in [1.82, 2.24) is 9.55 Å². The lowest BCUT2D eigenvalue weighted by Crippen LogP contribution is -2.23. The number of halogens is 2. The molecule has 0 radical (unpaired) electrons. The van der Waals surface area contributed by atoms with Gasteiger partial charge in [0, 0.05) is 23.3 Å². The van der Waals surface area contributed by atoms with Crippen molar-refractivity contribution in [2.45, 2.75) is 45.6 Å². The van der Waals surface area contributed by atoms with Crippen LogP contribution in [0.5, 0.6) is 0 Å². The van der Waals surface area contributed by atoms with Crippen LogP contribution in [0.3, 0.4) is 0 Å². The first-order chi connectivity index (χ1) is 10.2. The summed E-state index contributed by atoms with van der Waals surface area (Å²) in [5.74, 6) is 3.35. The van der Waals surface area contributed by atoms with E-state index < -0.39 is 0 Å². The Hall–Kier alpha value is -0.540. The van der Waals surface area contributed by atoms with Gasteiger partial charge in [-0.1, -0.05) is 42.1 Å². The molecule has 2 unspecified atom stereocenters. The van der Waals surface area contributed by atoms with E-state index in [0.29, 0.717) is 5.88 Å². The first kappa shape index (κ1) is 15.4. The Morgan fingerprint density at radius 3 is 2.90 bits per heavy atom. The van der Waals surface area contributed by atoms with Crippen molar-refractivity contribution in [3.63, 3.8) is 0 Å². The zero-order valence-corrected chi connectivity index (χ0v) is 14.8. The molecule has 0 spiro atoms. The van der Waals surface area contributed by atoms with Gasteiger partial charge in [0.1, 0.15) is 5.82 Å². The van der Waals surface area contributed by atoms with E-state index in [0.717, 1.165) is 40.6 Å². The number of nitrogens with zero attached hydrogens (tertiary/aromatic N) is 2. The summed E-state index contributed by atoms with van der Waals surface area (Å²) in [7, 11) is 0. The molecule has 0 amide bonds. The number of imidazole rings is 1. The van der Waals surface area contributed by atoms with Crippen LogP contribution in [0, 0.1) is 11.8 Å². The fourth-order valence-electron chi connectivity index (χ4n) is 3.53. The smallest absolute Gasteiger partial charge is 0.111 e. The lowest BCUT2D eigenvalue weighted by Gasteiger charge is -2.29. The van der Waals surface area contributed by atoms with Crippen LogP contribution in [0.2, 0.25) is 0 Å². The molecule has 4 heteroatoms. The second-order valence-electron chi connectivity index (χ2n) is 6.23. The normalized spacial score (nSPS) is 22.8. The van der Waals surface area contributed by atoms with Crippen LogP contribution in [0.1, 0.15) is 38.4 Å². The van der Waals surface area contributed by atoms with Crippen LogP contribution in [0.25, 0.3) is 11.0 Å². The van der Waals surface area contributed by atoms with Gasteiger partial charge >= 0.3 is 0 Å². The second-order valence-corrected chi connectivity index (χ2v) is 7.53. The molecule has 2 nitrogen and oxygen atoms in total. The minimum Gasteiger partial charge on any atom is -0.328 e. The molecule has 1 aromatic heterocycles. The standard InChI is InChI=1S/C17H22BrClN2/c1-12-4-2-3-5-13(12)11-21-16-7-6-14(18)10-15(16)20-17(21)8-9-19/h6-7,10,12-13H,2-5,8-9,11H2,1H3. The SMILES string of the molecule is CC1CCCCC1Cn1c(CCCl)nc2cc(Br)ccc21. The van der Waals surface area contributed by atoms with Gasteiger partial charge in [-0.05, 0) is 36.5 Å². The summed E-state index contributed by atoms with van der Waals surface area (Å²) in [5.41, 5.74) is 2.32. The summed E-state index contributed by atoms with van der Waals surface area (Å²) in [5, 5.41) is 0. The summed E-state index contributed by atoms with van der Waals surface area (Å²) in [6.07, 6.45) is 6.32. The molecular weight excluding hydrogens is 348 g/mol. The molecule has 2 atom stereocenters. The molecular formula is C17H22BrClN2. The third-order valence-corrected chi connectivity index (χ3v) is 5.50. The van der Waals surface area contributed by atoms with E-state index in [9.17, 15) is 0 Å². The number of alkyl halides is 1. The summed E-state index contributed by atoms with van der Waals surface area (Å²) >= 11 is 9.51. The monoisotopic (exact) mass is 368 g/mol. The summed E-state index contributed by atoms with van der Waals surface area (Å²) in [6, 6.07) is 6.39. The van der Waals surface area contributed by atoms with Crippen molar-refractivity contribution in [3.8, 4) is 0 Å². The Morgan fingerprint density at radius 2 is 2.14 bits per heavy atom. The third-order valence-electron chi connectivity index (χ3n) is 4.81. The Bertz CT molecular complexity index is 623. The number of aryl methyl sites for hydroxylation is 1. The van der Waals surface area contributed by atoms with Crippen LogP contribution >= 0.6 is 27.5 Å². The number of fused-ring (bicyclic) bond motifs is 1. The number of hydrogen-bond donors (Lipinski definition) is 0. The summed E-state index contributed by atoms with van der Waals surface area (Å²) < 4.78 is 3.50. The average molecular weight is 370 g/mol. The molecule has 114 valence electrons. The van der Waals surface area contributed by atoms with Gasteiger partial charge in [0.25, 0.3) is 0 Å². The predicted octanol–water partition coefficient (Wildman–Crippen LogP) is 5.41. The zero-order chi connectivity index (χ0) is 14.8. The topological polar surface area (TPSA) is 17.8 Å². The minimum absolute atomic E-state index is 0.630. The van der Waals surface area contributed by atoms with Gasteiger partial charge in [-0.2, -0.15) is 0 Å². The summed E-state index contributed by atoms with van der Waals surface area (Å²) in [4.78, 5) is 4.80. The van der Waals surface area contributed by atoms with Gasteiger partial charge in [0.2, 0.25) is 0 Å².